The molecule has 1 heterocycles. The van der Waals surface area contributed by atoms with Gasteiger partial charge in [0, 0.05) is 10.6 Å². The number of fused-ring (bicyclic) bond motifs is 1. The average Bonchev–Trinajstić information content (AvgIpc) is 2.80. The molecule has 0 saturated carbocycles. The van der Waals surface area contributed by atoms with Crippen LogP contribution in [-0.4, -0.2) is 12.6 Å². The molecule has 0 unspecified atom stereocenters. The number of esters is 1. The van der Waals surface area contributed by atoms with Crippen molar-refractivity contribution in [3.05, 3.63) is 93.6 Å². The normalized spacial score (nSPS) is 10.8. The van der Waals surface area contributed by atoms with E-state index < -0.39 is 11.4 Å². The van der Waals surface area contributed by atoms with Gasteiger partial charge in [-0.05, 0) is 48.4 Å². The zero-order valence-electron chi connectivity index (χ0n) is 16.8. The van der Waals surface area contributed by atoms with Crippen molar-refractivity contribution in [2.45, 2.75) is 13.3 Å². The van der Waals surface area contributed by atoms with E-state index in [4.69, 9.17) is 25.5 Å². The highest BCUT2D eigenvalue weighted by Crippen LogP contribution is 2.31. The fourth-order valence-electron chi connectivity index (χ4n) is 3.13. The van der Waals surface area contributed by atoms with Crippen molar-refractivity contribution in [3.8, 4) is 22.8 Å². The minimum Gasteiger partial charge on any atom is -0.482 e. The van der Waals surface area contributed by atoms with Crippen molar-refractivity contribution in [3.63, 3.8) is 0 Å². The van der Waals surface area contributed by atoms with Gasteiger partial charge in [-0.25, -0.2) is 4.79 Å². The summed E-state index contributed by atoms with van der Waals surface area (Å²) in [7, 11) is 0. The molecule has 0 aliphatic heterocycles. The lowest BCUT2D eigenvalue weighted by Gasteiger charge is -2.11. The molecular formula is C25H19ClO5. The topological polar surface area (TPSA) is 65.7 Å². The summed E-state index contributed by atoms with van der Waals surface area (Å²) in [6, 6.07) is 21.1. The Bertz CT molecular complexity index is 1280. The highest BCUT2D eigenvalue weighted by Gasteiger charge is 2.21. The molecule has 0 N–H and O–H groups in total. The third kappa shape index (κ3) is 4.62. The molecule has 0 aliphatic carbocycles. The molecule has 0 bridgehead atoms. The van der Waals surface area contributed by atoms with Gasteiger partial charge in [0.15, 0.2) is 12.4 Å². The van der Waals surface area contributed by atoms with Crippen molar-refractivity contribution in [1.82, 2.24) is 0 Å². The first-order valence-electron chi connectivity index (χ1n) is 9.79. The van der Waals surface area contributed by atoms with Crippen LogP contribution in [0.25, 0.3) is 22.3 Å². The number of carbonyl (C=O) groups is 1. The number of hydrogen-bond acceptors (Lipinski definition) is 5. The lowest BCUT2D eigenvalue weighted by Crippen LogP contribution is -2.21. The lowest BCUT2D eigenvalue weighted by molar-refractivity contribution is -0.136. The monoisotopic (exact) mass is 434 g/mol. The van der Waals surface area contributed by atoms with Gasteiger partial charge in [-0.3, -0.25) is 4.79 Å². The van der Waals surface area contributed by atoms with Gasteiger partial charge in [0.05, 0.1) is 5.39 Å². The predicted molar refractivity (Wildman–Crippen MR) is 120 cm³/mol. The van der Waals surface area contributed by atoms with Crippen molar-refractivity contribution < 1.29 is 18.7 Å². The highest BCUT2D eigenvalue weighted by atomic mass is 35.5. The Morgan fingerprint density at radius 2 is 1.74 bits per heavy atom. The molecule has 0 amide bonds. The Morgan fingerprint density at radius 3 is 2.45 bits per heavy atom. The van der Waals surface area contributed by atoms with Crippen LogP contribution in [-0.2, 0) is 11.2 Å². The van der Waals surface area contributed by atoms with Gasteiger partial charge >= 0.3 is 5.97 Å². The summed E-state index contributed by atoms with van der Waals surface area (Å²) in [4.78, 5) is 25.7. The quantitative estimate of drug-likeness (QED) is 0.366. The van der Waals surface area contributed by atoms with Crippen molar-refractivity contribution >= 4 is 28.5 Å². The third-order valence-corrected chi connectivity index (χ3v) is 5.00. The maximum absolute atomic E-state index is 13.2. The Kier molecular flexibility index (Phi) is 6.05. The van der Waals surface area contributed by atoms with Crippen LogP contribution >= 0.6 is 11.6 Å². The minimum absolute atomic E-state index is 0.156. The molecular weight excluding hydrogens is 416 g/mol. The molecule has 156 valence electrons. The molecule has 1 aromatic heterocycles. The first-order valence-corrected chi connectivity index (χ1v) is 10.2. The van der Waals surface area contributed by atoms with E-state index in [1.807, 2.05) is 31.2 Å². The standard InChI is InChI=1S/C25H19ClO5/c1-2-16-8-13-21-20(14-16)23(28)25(24(30-21)17-6-4-3-5-7-17)31-22(27)15-29-19-11-9-18(26)10-12-19/h3-14H,2,15H2,1H3. The first-order chi connectivity index (χ1) is 15.0. The Hall–Kier alpha value is -3.57. The zero-order chi connectivity index (χ0) is 21.8. The number of hydrogen-bond donors (Lipinski definition) is 0. The second-order valence-corrected chi connectivity index (χ2v) is 7.29. The third-order valence-electron chi connectivity index (χ3n) is 4.74. The predicted octanol–water partition coefficient (Wildman–Crippen LogP) is 5.66. The fourth-order valence-corrected chi connectivity index (χ4v) is 3.26. The van der Waals surface area contributed by atoms with Gasteiger partial charge in [-0.15, -0.1) is 0 Å². The van der Waals surface area contributed by atoms with Crippen LogP contribution in [0.3, 0.4) is 0 Å². The van der Waals surface area contributed by atoms with Gasteiger partial charge in [0.2, 0.25) is 11.2 Å². The molecule has 0 spiro atoms. The molecule has 6 heteroatoms. The minimum atomic E-state index is -0.717. The van der Waals surface area contributed by atoms with Crippen LogP contribution in [0.15, 0.2) is 82.0 Å². The molecule has 4 aromatic rings. The fraction of sp³-hybridized carbons (Fsp3) is 0.120. The number of rotatable bonds is 6. The SMILES string of the molecule is CCc1ccc2oc(-c3ccccc3)c(OC(=O)COc3ccc(Cl)cc3)c(=O)c2c1. The molecule has 0 fully saturated rings. The highest BCUT2D eigenvalue weighted by molar-refractivity contribution is 6.30. The summed E-state index contributed by atoms with van der Waals surface area (Å²) in [5.74, 6) is -0.216. The van der Waals surface area contributed by atoms with E-state index >= 15 is 0 Å². The summed E-state index contributed by atoms with van der Waals surface area (Å²) < 4.78 is 16.9. The first kappa shape index (κ1) is 20.7. The smallest absolute Gasteiger partial charge is 0.349 e. The van der Waals surface area contributed by atoms with E-state index in [1.54, 1.807) is 48.5 Å². The molecule has 4 rings (SSSR count). The summed E-state index contributed by atoms with van der Waals surface area (Å²) in [6.07, 6.45) is 0.764. The number of carbonyl (C=O) groups excluding carboxylic acids is 1. The second kappa shape index (κ2) is 9.06. The summed E-state index contributed by atoms with van der Waals surface area (Å²) in [5.41, 5.74) is 1.63. The van der Waals surface area contributed by atoms with E-state index in [0.717, 1.165) is 12.0 Å². The van der Waals surface area contributed by atoms with E-state index in [9.17, 15) is 9.59 Å². The van der Waals surface area contributed by atoms with Gasteiger partial charge in [-0.2, -0.15) is 0 Å². The number of benzene rings is 3. The Labute approximate surface area is 183 Å². The molecule has 0 saturated heterocycles. The maximum Gasteiger partial charge on any atom is 0.349 e. The Balaban J connectivity index is 1.70. The summed E-state index contributed by atoms with van der Waals surface area (Å²) in [5, 5.41) is 0.920. The summed E-state index contributed by atoms with van der Waals surface area (Å²) >= 11 is 5.85. The van der Waals surface area contributed by atoms with Gasteiger partial charge in [0.25, 0.3) is 0 Å². The molecule has 3 aromatic carbocycles. The number of halogens is 1. The van der Waals surface area contributed by atoms with E-state index in [0.29, 0.717) is 27.3 Å². The second-order valence-electron chi connectivity index (χ2n) is 6.86. The van der Waals surface area contributed by atoms with Crippen LogP contribution < -0.4 is 14.9 Å². The largest absolute Gasteiger partial charge is 0.482 e. The van der Waals surface area contributed by atoms with Crippen molar-refractivity contribution in [1.29, 1.82) is 0 Å². The average molecular weight is 435 g/mol. The van der Waals surface area contributed by atoms with Crippen LogP contribution in [0, 0.1) is 0 Å². The zero-order valence-corrected chi connectivity index (χ0v) is 17.5. The number of ether oxygens (including phenoxy) is 2. The van der Waals surface area contributed by atoms with Crippen molar-refractivity contribution in [2.24, 2.45) is 0 Å². The van der Waals surface area contributed by atoms with Crippen LogP contribution in [0.4, 0.5) is 0 Å². The molecule has 0 radical (unpaired) electrons. The van der Waals surface area contributed by atoms with Crippen LogP contribution in [0.1, 0.15) is 12.5 Å². The maximum atomic E-state index is 13.2. The van der Waals surface area contributed by atoms with Gasteiger partial charge < -0.3 is 13.9 Å². The van der Waals surface area contributed by atoms with Gasteiger partial charge in [0.1, 0.15) is 11.3 Å². The van der Waals surface area contributed by atoms with E-state index in [1.165, 1.54) is 0 Å². The molecule has 5 nitrogen and oxygen atoms in total. The molecule has 0 aliphatic rings. The number of aryl methyl sites for hydroxylation is 1. The molecule has 0 atom stereocenters. The van der Waals surface area contributed by atoms with E-state index in [-0.39, 0.29) is 18.1 Å². The van der Waals surface area contributed by atoms with Crippen LogP contribution in [0.5, 0.6) is 11.5 Å². The van der Waals surface area contributed by atoms with Crippen LogP contribution in [0.2, 0.25) is 5.02 Å². The van der Waals surface area contributed by atoms with Crippen molar-refractivity contribution in [2.75, 3.05) is 6.61 Å². The lowest BCUT2D eigenvalue weighted by atomic mass is 10.1. The van der Waals surface area contributed by atoms with E-state index in [2.05, 4.69) is 0 Å². The van der Waals surface area contributed by atoms with Gasteiger partial charge in [-0.1, -0.05) is 54.9 Å². The Morgan fingerprint density at radius 1 is 1.00 bits per heavy atom. The summed E-state index contributed by atoms with van der Waals surface area (Å²) in [6.45, 7) is 1.62. The molecule has 31 heavy (non-hydrogen) atoms.